The van der Waals surface area contributed by atoms with E-state index >= 15 is 0 Å². The maximum atomic E-state index is 12.4. The van der Waals surface area contributed by atoms with E-state index in [2.05, 4.69) is 29.8 Å². The van der Waals surface area contributed by atoms with Gasteiger partial charge in [0.05, 0.1) is 0 Å². The number of rotatable bonds is 4. The highest BCUT2D eigenvalue weighted by Gasteiger charge is 2.04. The van der Waals surface area contributed by atoms with Crippen molar-refractivity contribution < 1.29 is 4.39 Å². The van der Waals surface area contributed by atoms with Gasteiger partial charge in [0.2, 0.25) is 0 Å². The van der Waals surface area contributed by atoms with Crippen molar-refractivity contribution in [2.75, 3.05) is 5.33 Å². The van der Waals surface area contributed by atoms with E-state index in [0.29, 0.717) is 17.7 Å². The molecule has 0 bridgehead atoms. The van der Waals surface area contributed by atoms with Gasteiger partial charge in [0.15, 0.2) is 0 Å². The second-order valence-electron chi connectivity index (χ2n) is 2.72. The Bertz CT molecular complexity index is 63.9. The molecule has 0 rings (SSSR count). The van der Waals surface area contributed by atoms with Crippen molar-refractivity contribution in [1.82, 2.24) is 0 Å². The van der Waals surface area contributed by atoms with Crippen LogP contribution in [0.3, 0.4) is 0 Å². The van der Waals surface area contributed by atoms with Gasteiger partial charge in [-0.25, -0.2) is 4.39 Å². The molecule has 56 valence electrons. The van der Waals surface area contributed by atoms with Gasteiger partial charge in [-0.2, -0.15) is 0 Å². The molecule has 0 heterocycles. The molecule has 2 heteroatoms. The Balaban J connectivity index is 3.06. The molecule has 0 N–H and O–H groups in total. The first kappa shape index (κ1) is 9.41. The quantitative estimate of drug-likeness (QED) is 0.607. The summed E-state index contributed by atoms with van der Waals surface area (Å²) in [6.07, 6.45) is 1.04. The van der Waals surface area contributed by atoms with Gasteiger partial charge >= 0.3 is 0 Å². The van der Waals surface area contributed by atoms with Crippen LogP contribution in [0.2, 0.25) is 0 Å². The van der Waals surface area contributed by atoms with Gasteiger partial charge in [-0.3, -0.25) is 0 Å². The third kappa shape index (κ3) is 6.29. The SMILES string of the molecule is CC(C)CCC(F)CBr. The van der Waals surface area contributed by atoms with E-state index in [-0.39, 0.29) is 0 Å². The molecule has 0 amide bonds. The van der Waals surface area contributed by atoms with Crippen molar-refractivity contribution in [2.24, 2.45) is 5.92 Å². The van der Waals surface area contributed by atoms with Crippen molar-refractivity contribution in [3.05, 3.63) is 0 Å². The zero-order valence-corrected chi connectivity index (χ0v) is 7.62. The third-order valence-electron chi connectivity index (χ3n) is 1.22. The smallest absolute Gasteiger partial charge is 0.110 e. The average molecular weight is 197 g/mol. The summed E-state index contributed by atoms with van der Waals surface area (Å²) in [6.45, 7) is 4.22. The summed E-state index contributed by atoms with van der Waals surface area (Å²) in [5, 5.41) is 0.486. The van der Waals surface area contributed by atoms with Crippen LogP contribution in [0, 0.1) is 5.92 Å². The molecule has 0 aromatic rings. The molecule has 0 aliphatic heterocycles. The van der Waals surface area contributed by atoms with Crippen LogP contribution >= 0.6 is 15.9 Å². The van der Waals surface area contributed by atoms with E-state index in [4.69, 9.17) is 0 Å². The van der Waals surface area contributed by atoms with Crippen LogP contribution in [0.1, 0.15) is 26.7 Å². The van der Waals surface area contributed by atoms with Crippen LogP contribution in [0.25, 0.3) is 0 Å². The topological polar surface area (TPSA) is 0 Å². The molecule has 9 heavy (non-hydrogen) atoms. The van der Waals surface area contributed by atoms with Crippen LogP contribution in [-0.2, 0) is 0 Å². The Labute approximate surface area is 65.0 Å². The summed E-state index contributed by atoms with van der Waals surface area (Å²) in [7, 11) is 0. The predicted molar refractivity (Wildman–Crippen MR) is 42.8 cm³/mol. The number of hydrogen-bond donors (Lipinski definition) is 0. The lowest BCUT2D eigenvalue weighted by Gasteiger charge is -2.05. The first-order chi connectivity index (χ1) is 4.16. The zero-order chi connectivity index (χ0) is 7.28. The molecule has 0 aliphatic carbocycles. The predicted octanol–water partition coefficient (Wildman–Crippen LogP) is 3.16. The van der Waals surface area contributed by atoms with E-state index in [9.17, 15) is 4.39 Å². The van der Waals surface area contributed by atoms with Crippen molar-refractivity contribution in [3.63, 3.8) is 0 Å². The average Bonchev–Trinajstić information content (AvgIpc) is 1.83. The van der Waals surface area contributed by atoms with Gasteiger partial charge in [-0.15, -0.1) is 0 Å². The summed E-state index contributed by atoms with van der Waals surface area (Å²) in [6, 6.07) is 0. The van der Waals surface area contributed by atoms with Gasteiger partial charge in [0, 0.05) is 5.33 Å². The highest BCUT2D eigenvalue weighted by molar-refractivity contribution is 9.09. The maximum absolute atomic E-state index is 12.4. The van der Waals surface area contributed by atoms with Crippen LogP contribution in [-0.4, -0.2) is 11.5 Å². The fourth-order valence-electron chi connectivity index (χ4n) is 0.591. The van der Waals surface area contributed by atoms with Crippen LogP contribution in [0.4, 0.5) is 4.39 Å². The minimum atomic E-state index is -0.646. The van der Waals surface area contributed by atoms with Gasteiger partial charge in [-0.05, 0) is 18.8 Å². The standard InChI is InChI=1S/C7H14BrF/c1-6(2)3-4-7(9)5-8/h6-7H,3-5H2,1-2H3. The molecule has 0 saturated carbocycles. The van der Waals surface area contributed by atoms with E-state index in [1.54, 1.807) is 0 Å². The lowest BCUT2D eigenvalue weighted by molar-refractivity contribution is 0.325. The van der Waals surface area contributed by atoms with Gasteiger partial charge in [0.1, 0.15) is 6.17 Å². The van der Waals surface area contributed by atoms with Crippen LogP contribution < -0.4 is 0 Å². The first-order valence-corrected chi connectivity index (χ1v) is 4.49. The highest BCUT2D eigenvalue weighted by atomic mass is 79.9. The van der Waals surface area contributed by atoms with Gasteiger partial charge < -0.3 is 0 Å². The number of halogens is 2. The Morgan fingerprint density at radius 1 is 1.33 bits per heavy atom. The lowest BCUT2D eigenvalue weighted by atomic mass is 10.1. The van der Waals surface area contributed by atoms with E-state index in [1.165, 1.54) is 0 Å². The van der Waals surface area contributed by atoms with Crippen molar-refractivity contribution >= 4 is 15.9 Å². The maximum Gasteiger partial charge on any atom is 0.110 e. The fourth-order valence-corrected chi connectivity index (χ4v) is 0.915. The molecule has 0 aromatic carbocycles. The fraction of sp³-hybridized carbons (Fsp3) is 1.00. The molecule has 0 aliphatic rings. The Morgan fingerprint density at radius 2 is 1.89 bits per heavy atom. The Hall–Kier alpha value is 0.410. The largest absolute Gasteiger partial charge is 0.247 e. The molecule has 0 nitrogen and oxygen atoms in total. The molecule has 1 atom stereocenters. The monoisotopic (exact) mass is 196 g/mol. The minimum absolute atomic E-state index is 0.486. The molecular weight excluding hydrogens is 183 g/mol. The first-order valence-electron chi connectivity index (χ1n) is 3.36. The molecule has 0 fully saturated rings. The summed E-state index contributed by atoms with van der Waals surface area (Å²) >= 11 is 3.09. The van der Waals surface area contributed by atoms with E-state index in [1.807, 2.05) is 0 Å². The zero-order valence-electron chi connectivity index (χ0n) is 6.03. The molecule has 0 saturated heterocycles. The lowest BCUT2D eigenvalue weighted by Crippen LogP contribution is -2.02. The summed E-state index contributed by atoms with van der Waals surface area (Å²) in [5.41, 5.74) is 0. The van der Waals surface area contributed by atoms with Crippen molar-refractivity contribution in [1.29, 1.82) is 0 Å². The second kappa shape index (κ2) is 5.21. The molecule has 1 unspecified atom stereocenters. The van der Waals surface area contributed by atoms with E-state index in [0.717, 1.165) is 6.42 Å². The summed E-state index contributed by atoms with van der Waals surface area (Å²) < 4.78 is 12.4. The van der Waals surface area contributed by atoms with Gasteiger partial charge in [-0.1, -0.05) is 29.8 Å². The second-order valence-corrected chi connectivity index (χ2v) is 3.37. The normalized spacial score (nSPS) is 14.3. The minimum Gasteiger partial charge on any atom is -0.247 e. The number of hydrogen-bond acceptors (Lipinski definition) is 0. The third-order valence-corrected chi connectivity index (χ3v) is 1.93. The number of alkyl halides is 2. The Kier molecular flexibility index (Phi) is 5.45. The molecule has 0 spiro atoms. The van der Waals surface area contributed by atoms with Crippen LogP contribution in [0.5, 0.6) is 0 Å². The van der Waals surface area contributed by atoms with Crippen LogP contribution in [0.15, 0.2) is 0 Å². The summed E-state index contributed by atoms with van der Waals surface area (Å²) in [4.78, 5) is 0. The van der Waals surface area contributed by atoms with E-state index < -0.39 is 6.17 Å². The highest BCUT2D eigenvalue weighted by Crippen LogP contribution is 2.10. The molecular formula is C7H14BrF. The Morgan fingerprint density at radius 3 is 2.22 bits per heavy atom. The van der Waals surface area contributed by atoms with Crippen molar-refractivity contribution in [3.8, 4) is 0 Å². The molecule has 0 radical (unpaired) electrons. The van der Waals surface area contributed by atoms with Gasteiger partial charge in [0.25, 0.3) is 0 Å². The summed E-state index contributed by atoms with van der Waals surface area (Å²) in [5.74, 6) is 0.627. The van der Waals surface area contributed by atoms with Crippen molar-refractivity contribution in [2.45, 2.75) is 32.9 Å². The molecule has 0 aromatic heterocycles.